The Morgan fingerprint density at radius 2 is 2.04 bits per heavy atom. The van der Waals surface area contributed by atoms with E-state index in [2.05, 4.69) is 29.6 Å². The molecule has 0 aliphatic rings. The number of hydrogen-bond acceptors (Lipinski definition) is 4. The molecule has 0 unspecified atom stereocenters. The first-order chi connectivity index (χ1) is 11.5. The van der Waals surface area contributed by atoms with Crippen molar-refractivity contribution in [3.63, 3.8) is 0 Å². The fourth-order valence-electron chi connectivity index (χ4n) is 2.12. The van der Waals surface area contributed by atoms with Crippen molar-refractivity contribution in [1.82, 2.24) is 14.5 Å². The zero-order valence-corrected chi connectivity index (χ0v) is 16.0. The molecule has 0 fully saturated rings. The van der Waals surface area contributed by atoms with Crippen LogP contribution in [0.3, 0.4) is 0 Å². The van der Waals surface area contributed by atoms with Gasteiger partial charge in [-0.25, -0.2) is 4.98 Å². The van der Waals surface area contributed by atoms with Crippen molar-refractivity contribution in [3.05, 3.63) is 42.7 Å². The summed E-state index contributed by atoms with van der Waals surface area (Å²) in [6, 6.07) is 7.00. The van der Waals surface area contributed by atoms with E-state index in [4.69, 9.17) is 9.47 Å². The molecule has 0 saturated carbocycles. The summed E-state index contributed by atoms with van der Waals surface area (Å²) >= 11 is 0. The summed E-state index contributed by atoms with van der Waals surface area (Å²) in [5.41, 5.74) is 1.83. The molecule has 130 valence electrons. The second-order valence-electron chi connectivity index (χ2n) is 6.75. The summed E-state index contributed by atoms with van der Waals surface area (Å²) in [6.07, 6.45) is 7.14. The fraction of sp³-hybridized carbons (Fsp3) is 0.444. The highest BCUT2D eigenvalue weighted by molar-refractivity contribution is 6.76. The molecule has 0 aliphatic carbocycles. The van der Waals surface area contributed by atoms with Crippen LogP contribution in [0.25, 0.3) is 17.5 Å². The van der Waals surface area contributed by atoms with Gasteiger partial charge >= 0.3 is 0 Å². The number of rotatable bonds is 9. The van der Waals surface area contributed by atoms with Gasteiger partial charge in [0.1, 0.15) is 12.6 Å². The molecular formula is C18H27N3O2Si. The number of aromatic nitrogens is 3. The Balaban J connectivity index is 2.16. The average Bonchev–Trinajstić information content (AvgIpc) is 2.95. The van der Waals surface area contributed by atoms with Crippen LogP contribution in [0.4, 0.5) is 0 Å². The van der Waals surface area contributed by atoms with Crippen LogP contribution in [-0.4, -0.2) is 35.8 Å². The largest absolute Gasteiger partial charge is 0.501 e. The maximum absolute atomic E-state index is 5.92. The van der Waals surface area contributed by atoms with Crippen molar-refractivity contribution >= 4 is 14.1 Å². The Kier molecular flexibility index (Phi) is 6.75. The Labute approximate surface area is 145 Å². The monoisotopic (exact) mass is 345 g/mol. The van der Waals surface area contributed by atoms with Crippen molar-refractivity contribution in [2.75, 3.05) is 13.2 Å². The van der Waals surface area contributed by atoms with Gasteiger partial charge in [0.25, 0.3) is 0 Å². The molecule has 24 heavy (non-hydrogen) atoms. The summed E-state index contributed by atoms with van der Waals surface area (Å²) < 4.78 is 13.2. The minimum atomic E-state index is -1.09. The first-order valence-corrected chi connectivity index (χ1v) is 12.0. The highest BCUT2D eigenvalue weighted by Gasteiger charge is 2.14. The molecule has 0 bridgehead atoms. The molecule has 0 aromatic carbocycles. The minimum Gasteiger partial charge on any atom is -0.501 e. The molecule has 0 radical (unpaired) electrons. The van der Waals surface area contributed by atoms with Gasteiger partial charge in [0.05, 0.1) is 30.5 Å². The highest BCUT2D eigenvalue weighted by atomic mass is 28.3. The van der Waals surface area contributed by atoms with E-state index in [1.807, 2.05) is 42.0 Å². The molecule has 2 aromatic rings. The van der Waals surface area contributed by atoms with Crippen molar-refractivity contribution in [2.24, 2.45) is 0 Å². The van der Waals surface area contributed by atoms with Crippen molar-refractivity contribution < 1.29 is 9.47 Å². The number of nitrogens with zero attached hydrogens (tertiary/aromatic N) is 3. The molecule has 5 nitrogen and oxygen atoms in total. The van der Waals surface area contributed by atoms with E-state index in [0.29, 0.717) is 13.3 Å². The molecule has 0 saturated heterocycles. The lowest BCUT2D eigenvalue weighted by Gasteiger charge is -2.16. The molecular weight excluding hydrogens is 318 g/mol. The van der Waals surface area contributed by atoms with E-state index in [9.17, 15) is 0 Å². The Hall–Kier alpha value is -1.92. The van der Waals surface area contributed by atoms with Crippen LogP contribution in [0.1, 0.15) is 12.7 Å². The van der Waals surface area contributed by atoms with Gasteiger partial charge < -0.3 is 9.47 Å². The zero-order valence-electron chi connectivity index (χ0n) is 15.0. The third-order valence-electron chi connectivity index (χ3n) is 3.51. The van der Waals surface area contributed by atoms with E-state index in [1.54, 1.807) is 12.5 Å². The van der Waals surface area contributed by atoms with Gasteiger partial charge in [-0.1, -0.05) is 25.7 Å². The Morgan fingerprint density at radius 3 is 2.71 bits per heavy atom. The summed E-state index contributed by atoms with van der Waals surface area (Å²) in [5, 5.41) is 0. The summed E-state index contributed by atoms with van der Waals surface area (Å²) in [4.78, 5) is 8.90. The van der Waals surface area contributed by atoms with E-state index >= 15 is 0 Å². The Morgan fingerprint density at radius 1 is 1.21 bits per heavy atom. The summed E-state index contributed by atoms with van der Waals surface area (Å²) in [7, 11) is -1.09. The standard InChI is InChI=1S/C18H27N3O2Si/c1-5-22-11-9-18-20-14-17(16-8-6-7-10-19-16)21(18)15-23-12-13-24(2,3)4/h6-11,14H,5,12-13,15H2,1-4H3. The van der Waals surface area contributed by atoms with Crippen molar-refractivity contribution in [2.45, 2.75) is 39.3 Å². The second-order valence-corrected chi connectivity index (χ2v) is 12.4. The predicted molar refractivity (Wildman–Crippen MR) is 100 cm³/mol. The van der Waals surface area contributed by atoms with Gasteiger partial charge in [-0.2, -0.15) is 0 Å². The maximum Gasteiger partial charge on any atom is 0.138 e. The molecule has 2 aromatic heterocycles. The number of ether oxygens (including phenoxy) is 2. The molecule has 6 heteroatoms. The van der Waals surface area contributed by atoms with Crippen LogP contribution in [0, 0.1) is 0 Å². The average molecular weight is 346 g/mol. The lowest BCUT2D eigenvalue weighted by Crippen LogP contribution is -2.22. The van der Waals surface area contributed by atoms with E-state index in [1.165, 1.54) is 0 Å². The fourth-order valence-corrected chi connectivity index (χ4v) is 2.87. The van der Waals surface area contributed by atoms with Crippen molar-refractivity contribution in [1.29, 1.82) is 0 Å². The molecule has 0 N–H and O–H groups in total. The van der Waals surface area contributed by atoms with Gasteiger partial charge in [-0.3, -0.25) is 9.55 Å². The normalized spacial score (nSPS) is 12.0. The van der Waals surface area contributed by atoms with Gasteiger partial charge in [-0.05, 0) is 25.1 Å². The second kappa shape index (κ2) is 8.80. The molecule has 2 rings (SSSR count). The van der Waals surface area contributed by atoms with E-state index < -0.39 is 8.07 Å². The highest BCUT2D eigenvalue weighted by Crippen LogP contribution is 2.20. The van der Waals surface area contributed by atoms with Crippen LogP contribution in [-0.2, 0) is 16.2 Å². The van der Waals surface area contributed by atoms with Gasteiger partial charge in [0.15, 0.2) is 0 Å². The number of hydrogen-bond donors (Lipinski definition) is 0. The predicted octanol–water partition coefficient (Wildman–Crippen LogP) is 4.26. The quantitative estimate of drug-likeness (QED) is 0.387. The maximum atomic E-state index is 5.92. The molecule has 0 atom stereocenters. The smallest absolute Gasteiger partial charge is 0.138 e. The third kappa shape index (κ3) is 5.61. The Bertz CT molecular complexity index is 648. The molecule has 0 amide bonds. The van der Waals surface area contributed by atoms with Crippen LogP contribution >= 0.6 is 0 Å². The summed E-state index contributed by atoms with van der Waals surface area (Å²) in [5.74, 6) is 0.803. The first-order valence-electron chi connectivity index (χ1n) is 8.34. The van der Waals surface area contributed by atoms with Gasteiger partial charge in [-0.15, -0.1) is 0 Å². The summed E-state index contributed by atoms with van der Waals surface area (Å²) in [6.45, 7) is 10.9. The van der Waals surface area contributed by atoms with Gasteiger partial charge in [0, 0.05) is 27.0 Å². The molecule has 2 heterocycles. The topological polar surface area (TPSA) is 49.2 Å². The molecule has 0 spiro atoms. The van der Waals surface area contributed by atoms with E-state index in [-0.39, 0.29) is 0 Å². The van der Waals surface area contributed by atoms with Gasteiger partial charge in [0.2, 0.25) is 0 Å². The van der Waals surface area contributed by atoms with Crippen molar-refractivity contribution in [3.8, 4) is 11.4 Å². The van der Waals surface area contributed by atoms with Crippen LogP contribution in [0.15, 0.2) is 36.9 Å². The van der Waals surface area contributed by atoms with E-state index in [0.717, 1.165) is 29.9 Å². The third-order valence-corrected chi connectivity index (χ3v) is 5.21. The lowest BCUT2D eigenvalue weighted by atomic mass is 10.3. The SMILES string of the molecule is CCOC=Cc1ncc(-c2ccccn2)n1COCC[Si](C)(C)C. The van der Waals surface area contributed by atoms with Crippen LogP contribution in [0.5, 0.6) is 0 Å². The van der Waals surface area contributed by atoms with Crippen LogP contribution < -0.4 is 0 Å². The molecule has 0 aliphatic heterocycles. The first kappa shape index (κ1) is 18.4. The lowest BCUT2D eigenvalue weighted by molar-refractivity contribution is 0.0877. The number of imidazole rings is 1. The number of pyridine rings is 1. The van der Waals surface area contributed by atoms with Crippen LogP contribution in [0.2, 0.25) is 25.7 Å². The minimum absolute atomic E-state index is 0.461. The zero-order chi connectivity index (χ0) is 17.4.